The molecule has 1 aliphatic carbocycles. The number of hydrogen-bond donors (Lipinski definition) is 1. The lowest BCUT2D eigenvalue weighted by Crippen LogP contribution is -2.15. The van der Waals surface area contributed by atoms with Gasteiger partial charge in [0.2, 0.25) is 0 Å². The van der Waals surface area contributed by atoms with Crippen molar-refractivity contribution in [2.24, 2.45) is 0 Å². The quantitative estimate of drug-likeness (QED) is 0.805. The molecule has 0 saturated carbocycles. The summed E-state index contributed by atoms with van der Waals surface area (Å²) in [6.07, 6.45) is 4.53. The van der Waals surface area contributed by atoms with E-state index in [4.69, 9.17) is 0 Å². The minimum atomic E-state index is 0.00285. The number of pyridine rings is 1. The van der Waals surface area contributed by atoms with Crippen LogP contribution in [0.2, 0.25) is 0 Å². The van der Waals surface area contributed by atoms with E-state index in [1.165, 1.54) is 0 Å². The van der Waals surface area contributed by atoms with Gasteiger partial charge in [0.05, 0.1) is 5.69 Å². The van der Waals surface area contributed by atoms with E-state index in [9.17, 15) is 4.79 Å². The maximum absolute atomic E-state index is 11.9. The van der Waals surface area contributed by atoms with Crippen LogP contribution in [0.15, 0.2) is 23.1 Å². The van der Waals surface area contributed by atoms with E-state index in [0.717, 1.165) is 41.8 Å². The number of aromatic nitrogens is 3. The van der Waals surface area contributed by atoms with Crippen molar-refractivity contribution >= 4 is 0 Å². The second-order valence-electron chi connectivity index (χ2n) is 4.38. The Morgan fingerprint density at radius 2 is 2.18 bits per heavy atom. The molecule has 17 heavy (non-hydrogen) atoms. The van der Waals surface area contributed by atoms with Crippen molar-refractivity contribution in [2.45, 2.75) is 26.2 Å². The fourth-order valence-electron chi connectivity index (χ4n) is 2.19. The maximum Gasteiger partial charge on any atom is 0.254 e. The molecule has 0 atom stereocenters. The summed E-state index contributed by atoms with van der Waals surface area (Å²) < 4.78 is 0. The minimum absolute atomic E-state index is 0.00285. The fraction of sp³-hybridized carbons (Fsp3) is 0.308. The van der Waals surface area contributed by atoms with E-state index in [0.29, 0.717) is 5.82 Å². The molecule has 1 aliphatic rings. The number of hydrogen-bond acceptors (Lipinski definition) is 3. The monoisotopic (exact) mass is 227 g/mol. The van der Waals surface area contributed by atoms with E-state index in [-0.39, 0.29) is 5.56 Å². The molecule has 0 aromatic carbocycles. The van der Waals surface area contributed by atoms with E-state index in [1.807, 2.05) is 19.1 Å². The molecule has 2 aromatic heterocycles. The van der Waals surface area contributed by atoms with Crippen LogP contribution in [0, 0.1) is 6.92 Å². The Balaban J connectivity index is 2.13. The Morgan fingerprint density at radius 3 is 2.94 bits per heavy atom. The van der Waals surface area contributed by atoms with Crippen molar-refractivity contribution in [1.29, 1.82) is 0 Å². The number of H-pyrrole nitrogens is 1. The van der Waals surface area contributed by atoms with Crippen LogP contribution in [0.1, 0.15) is 23.4 Å². The summed E-state index contributed by atoms with van der Waals surface area (Å²) >= 11 is 0. The molecule has 0 radical (unpaired) electrons. The van der Waals surface area contributed by atoms with Crippen molar-refractivity contribution in [3.63, 3.8) is 0 Å². The Bertz CT molecular complexity index is 614. The fourth-order valence-corrected chi connectivity index (χ4v) is 2.19. The van der Waals surface area contributed by atoms with Crippen molar-refractivity contribution in [3.05, 3.63) is 45.6 Å². The third-order valence-corrected chi connectivity index (χ3v) is 3.13. The van der Waals surface area contributed by atoms with E-state index in [1.54, 1.807) is 6.20 Å². The highest BCUT2D eigenvalue weighted by molar-refractivity contribution is 5.53. The standard InChI is InChI=1S/C13H13N3O/c1-8-5-6-9(7-14-8)12-15-11-4-2-3-10(11)13(17)16-12/h5-7H,2-4H2,1H3,(H,15,16,17). The normalized spacial score (nSPS) is 13.7. The lowest BCUT2D eigenvalue weighted by molar-refractivity contribution is 0.899. The summed E-state index contributed by atoms with van der Waals surface area (Å²) in [5.74, 6) is 0.628. The Labute approximate surface area is 98.8 Å². The summed E-state index contributed by atoms with van der Waals surface area (Å²) in [6.45, 7) is 1.93. The van der Waals surface area contributed by atoms with Gasteiger partial charge in [-0.2, -0.15) is 0 Å². The second-order valence-corrected chi connectivity index (χ2v) is 4.38. The number of fused-ring (bicyclic) bond motifs is 1. The summed E-state index contributed by atoms with van der Waals surface area (Å²) in [7, 11) is 0. The molecule has 0 bridgehead atoms. The van der Waals surface area contributed by atoms with Gasteiger partial charge in [-0.25, -0.2) is 4.98 Å². The van der Waals surface area contributed by atoms with Crippen molar-refractivity contribution in [2.75, 3.05) is 0 Å². The van der Waals surface area contributed by atoms with E-state index < -0.39 is 0 Å². The van der Waals surface area contributed by atoms with Crippen molar-refractivity contribution in [3.8, 4) is 11.4 Å². The molecular weight excluding hydrogens is 214 g/mol. The first-order valence-electron chi connectivity index (χ1n) is 5.79. The number of nitrogens with one attached hydrogen (secondary N) is 1. The van der Waals surface area contributed by atoms with Gasteiger partial charge in [-0.05, 0) is 38.3 Å². The first-order valence-corrected chi connectivity index (χ1v) is 5.79. The van der Waals surface area contributed by atoms with Gasteiger partial charge in [-0.1, -0.05) is 0 Å². The highest BCUT2D eigenvalue weighted by Gasteiger charge is 2.17. The molecule has 2 aromatic rings. The molecule has 86 valence electrons. The van der Waals surface area contributed by atoms with Crippen molar-refractivity contribution < 1.29 is 0 Å². The van der Waals surface area contributed by atoms with Crippen LogP contribution in [-0.2, 0) is 12.8 Å². The van der Waals surface area contributed by atoms with Crippen LogP contribution in [0.4, 0.5) is 0 Å². The van der Waals surface area contributed by atoms with Gasteiger partial charge >= 0.3 is 0 Å². The highest BCUT2D eigenvalue weighted by atomic mass is 16.1. The van der Waals surface area contributed by atoms with E-state index >= 15 is 0 Å². The first-order chi connectivity index (χ1) is 8.24. The minimum Gasteiger partial charge on any atom is -0.306 e. The van der Waals surface area contributed by atoms with Gasteiger partial charge in [0.1, 0.15) is 5.82 Å². The van der Waals surface area contributed by atoms with Crippen LogP contribution in [0.3, 0.4) is 0 Å². The summed E-state index contributed by atoms with van der Waals surface area (Å²) in [5.41, 5.74) is 3.63. The number of rotatable bonds is 1. The van der Waals surface area contributed by atoms with Crippen LogP contribution in [0.5, 0.6) is 0 Å². The average molecular weight is 227 g/mol. The van der Waals surface area contributed by atoms with Gasteiger partial charge in [0.25, 0.3) is 5.56 Å². The van der Waals surface area contributed by atoms with E-state index in [2.05, 4.69) is 15.0 Å². The highest BCUT2D eigenvalue weighted by Crippen LogP contribution is 2.19. The van der Waals surface area contributed by atoms with Crippen LogP contribution in [0.25, 0.3) is 11.4 Å². The third-order valence-electron chi connectivity index (χ3n) is 3.13. The molecule has 4 heteroatoms. The Morgan fingerprint density at radius 1 is 1.29 bits per heavy atom. The second kappa shape index (κ2) is 3.80. The van der Waals surface area contributed by atoms with Crippen LogP contribution in [-0.4, -0.2) is 15.0 Å². The molecule has 0 fully saturated rings. The first kappa shape index (κ1) is 10.2. The smallest absolute Gasteiger partial charge is 0.254 e. The third kappa shape index (κ3) is 1.75. The molecule has 2 heterocycles. The Kier molecular flexibility index (Phi) is 2.28. The molecule has 0 amide bonds. The maximum atomic E-state index is 11.9. The molecule has 0 saturated heterocycles. The zero-order valence-electron chi connectivity index (χ0n) is 9.66. The summed E-state index contributed by atoms with van der Waals surface area (Å²) in [6, 6.07) is 3.85. The topological polar surface area (TPSA) is 58.6 Å². The average Bonchev–Trinajstić information content (AvgIpc) is 2.78. The zero-order chi connectivity index (χ0) is 11.8. The van der Waals surface area contributed by atoms with Gasteiger partial charge in [-0.15, -0.1) is 0 Å². The zero-order valence-corrected chi connectivity index (χ0v) is 9.66. The summed E-state index contributed by atoms with van der Waals surface area (Å²) in [5, 5.41) is 0. The van der Waals surface area contributed by atoms with Gasteiger partial charge in [0.15, 0.2) is 0 Å². The van der Waals surface area contributed by atoms with Crippen molar-refractivity contribution in [1.82, 2.24) is 15.0 Å². The lowest BCUT2D eigenvalue weighted by atomic mass is 10.2. The van der Waals surface area contributed by atoms with Gasteiger partial charge in [-0.3, -0.25) is 9.78 Å². The Hall–Kier alpha value is -1.97. The molecule has 0 spiro atoms. The molecule has 3 rings (SSSR count). The number of nitrogens with zero attached hydrogens (tertiary/aromatic N) is 2. The molecular formula is C13H13N3O. The number of aryl methyl sites for hydroxylation is 2. The SMILES string of the molecule is Cc1ccc(-c2nc3c(c(=O)[nH]2)CCC3)cn1. The predicted molar refractivity (Wildman–Crippen MR) is 64.9 cm³/mol. The molecule has 0 aliphatic heterocycles. The van der Waals surface area contributed by atoms with Gasteiger partial charge < -0.3 is 4.98 Å². The number of aromatic amines is 1. The van der Waals surface area contributed by atoms with Crippen LogP contribution < -0.4 is 5.56 Å². The molecule has 4 nitrogen and oxygen atoms in total. The molecule has 1 N–H and O–H groups in total. The predicted octanol–water partition coefficient (Wildman–Crippen LogP) is 1.63. The largest absolute Gasteiger partial charge is 0.306 e. The van der Waals surface area contributed by atoms with Crippen LogP contribution >= 0.6 is 0 Å². The summed E-state index contributed by atoms with van der Waals surface area (Å²) in [4.78, 5) is 23.4. The van der Waals surface area contributed by atoms with Gasteiger partial charge in [0, 0.05) is 23.0 Å². The molecule has 0 unspecified atom stereocenters. The lowest BCUT2D eigenvalue weighted by Gasteiger charge is -2.03.